The van der Waals surface area contributed by atoms with Gasteiger partial charge in [-0.1, -0.05) is 42.5 Å². The fourth-order valence-corrected chi connectivity index (χ4v) is 4.63. The molecule has 28 heavy (non-hydrogen) atoms. The number of hydrogen-bond acceptors (Lipinski definition) is 5. The Morgan fingerprint density at radius 1 is 1.07 bits per heavy atom. The van der Waals surface area contributed by atoms with Gasteiger partial charge in [0.05, 0.1) is 23.2 Å². The number of anilines is 1. The molecule has 1 aliphatic heterocycles. The Labute approximate surface area is 164 Å². The smallest absolute Gasteiger partial charge is 0.254 e. The normalized spacial score (nSPS) is 16.2. The van der Waals surface area contributed by atoms with Gasteiger partial charge in [0.25, 0.3) is 5.91 Å². The number of nitrogens with zero attached hydrogens (tertiary/aromatic N) is 3. The summed E-state index contributed by atoms with van der Waals surface area (Å²) < 4.78 is 26.0. The highest BCUT2D eigenvalue weighted by atomic mass is 32.2. The third-order valence-corrected chi connectivity index (χ3v) is 6.23. The number of hydrogen-bond donors (Lipinski definition) is 1. The Morgan fingerprint density at radius 3 is 2.39 bits per heavy atom. The third-order valence-electron chi connectivity index (χ3n) is 4.36. The van der Waals surface area contributed by atoms with E-state index in [9.17, 15) is 13.2 Å². The first kappa shape index (κ1) is 19.6. The van der Waals surface area contributed by atoms with E-state index in [1.165, 1.54) is 4.31 Å². The number of carbonyl (C=O) groups excluding carboxylic acids is 1. The molecule has 1 fully saturated rings. The fourth-order valence-electron chi connectivity index (χ4n) is 2.99. The monoisotopic (exact) mass is 396 g/mol. The summed E-state index contributed by atoms with van der Waals surface area (Å²) in [6.07, 6.45) is 1.24. The van der Waals surface area contributed by atoms with Crippen molar-refractivity contribution in [3.8, 4) is 6.07 Å². The molecule has 7 nitrogen and oxygen atoms in total. The van der Waals surface area contributed by atoms with Crippen LogP contribution in [0.1, 0.15) is 30.4 Å². The minimum atomic E-state index is -3.27. The van der Waals surface area contributed by atoms with E-state index < -0.39 is 15.9 Å². The van der Waals surface area contributed by atoms with Gasteiger partial charge in [-0.3, -0.25) is 9.10 Å². The van der Waals surface area contributed by atoms with E-state index in [0.29, 0.717) is 24.4 Å². The third kappa shape index (κ3) is 4.56. The van der Waals surface area contributed by atoms with Crippen molar-refractivity contribution in [3.63, 3.8) is 0 Å². The lowest BCUT2D eigenvalue weighted by Crippen LogP contribution is -2.37. The summed E-state index contributed by atoms with van der Waals surface area (Å²) >= 11 is 0. The van der Waals surface area contributed by atoms with Crippen LogP contribution in [0, 0.1) is 11.3 Å². The van der Waals surface area contributed by atoms with Crippen LogP contribution in [-0.4, -0.2) is 32.3 Å². The summed E-state index contributed by atoms with van der Waals surface area (Å²) in [4.78, 5) is 11.6. The molecule has 0 unspecified atom stereocenters. The van der Waals surface area contributed by atoms with Crippen LogP contribution in [0.25, 0.3) is 0 Å². The van der Waals surface area contributed by atoms with Gasteiger partial charge in [-0.05, 0) is 25.0 Å². The van der Waals surface area contributed by atoms with E-state index >= 15 is 0 Å². The summed E-state index contributed by atoms with van der Waals surface area (Å²) in [5.41, 5.74) is 5.05. The number of rotatable bonds is 5. The standard InChI is InChI=1S/C20H20N4O3S/c21-13-12-19(25)22-23-20(16-6-2-1-3-7-16)17-8-10-18(11-9-17)24-14-4-5-15-28(24,26)27/h1-3,6-11H,4-5,12,14-15H2,(H,22,25). The summed E-state index contributed by atoms with van der Waals surface area (Å²) in [6, 6.07) is 18.1. The first-order chi connectivity index (χ1) is 13.5. The molecule has 1 amide bonds. The Balaban J connectivity index is 1.91. The van der Waals surface area contributed by atoms with E-state index in [1.54, 1.807) is 30.3 Å². The second-order valence-corrected chi connectivity index (χ2v) is 8.35. The van der Waals surface area contributed by atoms with E-state index in [0.717, 1.165) is 17.5 Å². The molecule has 0 aromatic heterocycles. The molecule has 0 saturated carbocycles. The van der Waals surface area contributed by atoms with Gasteiger partial charge in [-0.15, -0.1) is 0 Å². The molecule has 0 bridgehead atoms. The van der Waals surface area contributed by atoms with Crippen molar-refractivity contribution >= 4 is 27.3 Å². The highest BCUT2D eigenvalue weighted by Crippen LogP contribution is 2.24. The summed E-state index contributed by atoms with van der Waals surface area (Å²) in [7, 11) is -3.27. The maximum Gasteiger partial charge on any atom is 0.254 e. The molecule has 0 atom stereocenters. The highest BCUT2D eigenvalue weighted by Gasteiger charge is 2.26. The molecule has 3 rings (SSSR count). The van der Waals surface area contributed by atoms with Gasteiger partial charge in [0.1, 0.15) is 6.42 Å². The van der Waals surface area contributed by atoms with Crippen molar-refractivity contribution in [1.82, 2.24) is 5.43 Å². The van der Waals surface area contributed by atoms with Crippen LogP contribution in [0.15, 0.2) is 59.7 Å². The van der Waals surface area contributed by atoms with Gasteiger partial charge in [0.15, 0.2) is 0 Å². The lowest BCUT2D eigenvalue weighted by molar-refractivity contribution is -0.120. The second-order valence-electron chi connectivity index (χ2n) is 6.34. The zero-order valence-corrected chi connectivity index (χ0v) is 16.0. The molecule has 2 aromatic rings. The Hall–Kier alpha value is -3.18. The van der Waals surface area contributed by atoms with E-state index in [1.807, 2.05) is 30.3 Å². The predicted octanol–water partition coefficient (Wildman–Crippen LogP) is 2.40. The van der Waals surface area contributed by atoms with Crippen molar-refractivity contribution in [2.75, 3.05) is 16.6 Å². The SMILES string of the molecule is N#CCC(=O)NN=C(c1ccccc1)c1ccc(N2CCCCS2(=O)=O)cc1. The minimum Gasteiger partial charge on any atom is -0.272 e. The lowest BCUT2D eigenvalue weighted by Gasteiger charge is -2.28. The predicted molar refractivity (Wildman–Crippen MR) is 107 cm³/mol. The largest absolute Gasteiger partial charge is 0.272 e. The maximum absolute atomic E-state index is 12.3. The van der Waals surface area contributed by atoms with Crippen molar-refractivity contribution in [2.45, 2.75) is 19.3 Å². The quantitative estimate of drug-likeness (QED) is 0.619. The van der Waals surface area contributed by atoms with Gasteiger partial charge in [0.2, 0.25) is 10.0 Å². The fraction of sp³-hybridized carbons (Fsp3) is 0.250. The average molecular weight is 396 g/mol. The van der Waals surface area contributed by atoms with Gasteiger partial charge in [-0.25, -0.2) is 13.8 Å². The van der Waals surface area contributed by atoms with Crippen molar-refractivity contribution in [2.24, 2.45) is 5.10 Å². The lowest BCUT2D eigenvalue weighted by atomic mass is 10.0. The number of hydrazone groups is 1. The first-order valence-electron chi connectivity index (χ1n) is 8.91. The Bertz CT molecular complexity index is 1010. The van der Waals surface area contributed by atoms with Gasteiger partial charge >= 0.3 is 0 Å². The van der Waals surface area contributed by atoms with E-state index in [4.69, 9.17) is 5.26 Å². The Morgan fingerprint density at radius 2 is 1.75 bits per heavy atom. The molecule has 2 aromatic carbocycles. The van der Waals surface area contributed by atoms with Gasteiger partial charge in [0, 0.05) is 17.7 Å². The molecule has 0 spiro atoms. The minimum absolute atomic E-state index is 0.163. The number of carbonyl (C=O) groups is 1. The Kier molecular flexibility index (Phi) is 6.06. The van der Waals surface area contributed by atoms with Crippen LogP contribution >= 0.6 is 0 Å². The van der Waals surface area contributed by atoms with Gasteiger partial charge in [-0.2, -0.15) is 10.4 Å². The highest BCUT2D eigenvalue weighted by molar-refractivity contribution is 7.92. The molecular formula is C20H20N4O3S. The van der Waals surface area contributed by atoms with Gasteiger partial charge < -0.3 is 0 Å². The summed E-state index contributed by atoms with van der Waals surface area (Å²) in [6.45, 7) is 0.478. The maximum atomic E-state index is 12.3. The summed E-state index contributed by atoms with van der Waals surface area (Å²) in [5, 5.41) is 12.8. The average Bonchev–Trinajstić information content (AvgIpc) is 2.69. The number of nitriles is 1. The molecule has 144 valence electrons. The molecule has 1 heterocycles. The van der Waals surface area contributed by atoms with Crippen LogP contribution in [0.3, 0.4) is 0 Å². The van der Waals surface area contributed by atoms with E-state index in [2.05, 4.69) is 10.5 Å². The molecular weight excluding hydrogens is 376 g/mol. The number of benzene rings is 2. The molecule has 1 aliphatic rings. The van der Waals surface area contributed by atoms with Crippen LogP contribution in [-0.2, 0) is 14.8 Å². The summed E-state index contributed by atoms with van der Waals surface area (Å²) in [5.74, 6) is -0.330. The van der Waals surface area contributed by atoms with E-state index in [-0.39, 0.29) is 12.2 Å². The molecule has 1 N–H and O–H groups in total. The van der Waals surface area contributed by atoms with Crippen molar-refractivity contribution in [3.05, 3.63) is 65.7 Å². The molecule has 8 heteroatoms. The zero-order valence-electron chi connectivity index (χ0n) is 15.2. The number of nitrogens with one attached hydrogen (secondary N) is 1. The number of amides is 1. The molecule has 1 saturated heterocycles. The van der Waals surface area contributed by atoms with Crippen LogP contribution in [0.5, 0.6) is 0 Å². The van der Waals surface area contributed by atoms with Crippen LogP contribution in [0.4, 0.5) is 5.69 Å². The molecule has 0 aliphatic carbocycles. The topological polar surface area (TPSA) is 103 Å². The van der Waals surface area contributed by atoms with Crippen LogP contribution < -0.4 is 9.73 Å². The van der Waals surface area contributed by atoms with Crippen LogP contribution in [0.2, 0.25) is 0 Å². The zero-order chi connectivity index (χ0) is 20.0. The molecule has 0 radical (unpaired) electrons. The second kappa shape index (κ2) is 8.67. The van der Waals surface area contributed by atoms with Crippen molar-refractivity contribution in [1.29, 1.82) is 5.26 Å². The first-order valence-corrected chi connectivity index (χ1v) is 10.5. The van der Waals surface area contributed by atoms with Crippen molar-refractivity contribution < 1.29 is 13.2 Å². The number of sulfonamides is 1.